The number of nitrogens with one attached hydrogen (secondary N) is 1. The van der Waals surface area contributed by atoms with E-state index in [1.54, 1.807) is 0 Å². The lowest BCUT2D eigenvalue weighted by molar-refractivity contribution is 0.523. The normalized spacial score (nSPS) is 15.4. The molecular formula is C33H34N2S. The molecule has 3 heteroatoms. The fourth-order valence-corrected chi connectivity index (χ4v) is 6.05. The van der Waals surface area contributed by atoms with Crippen LogP contribution in [0.2, 0.25) is 0 Å². The van der Waals surface area contributed by atoms with Crippen LogP contribution in [0.25, 0.3) is 0 Å². The predicted octanol–water partition coefficient (Wildman–Crippen LogP) is 8.23. The first-order chi connectivity index (χ1) is 17.9. The maximum atomic E-state index is 5.08. The van der Waals surface area contributed by atoms with Crippen LogP contribution in [0.3, 0.4) is 0 Å². The summed E-state index contributed by atoms with van der Waals surface area (Å²) >= 11 is 1.92. The first-order valence-electron chi connectivity index (χ1n) is 13.0. The molecule has 0 radical (unpaired) electrons. The minimum Gasteiger partial charge on any atom is -0.284 e. The van der Waals surface area contributed by atoms with E-state index in [-0.39, 0.29) is 12.2 Å². The molecule has 0 amide bonds. The first-order valence-corrected chi connectivity index (χ1v) is 14.0. The summed E-state index contributed by atoms with van der Waals surface area (Å²) < 4.78 is 0. The van der Waals surface area contributed by atoms with Crippen LogP contribution in [0.1, 0.15) is 59.9 Å². The molecule has 0 saturated heterocycles. The van der Waals surface area contributed by atoms with Crippen molar-refractivity contribution in [3.05, 3.63) is 144 Å². The molecule has 5 rings (SSSR count). The molecule has 1 aliphatic rings. The standard InChI is InChI=1S/C33H34N2S/c1-5-15-26(16-6-1)30(27-17-7-2-8-18-27)23-13-14-24-32-34-31(25-36-32)35-33(28-19-9-3-10-20-28)29-21-11-4-12-22-29/h1-12,15-22,30-31,33,35H,13-14,23-25H2. The Morgan fingerprint density at radius 1 is 0.639 bits per heavy atom. The molecule has 0 saturated carbocycles. The van der Waals surface area contributed by atoms with E-state index in [4.69, 9.17) is 4.99 Å². The lowest BCUT2D eigenvalue weighted by atomic mass is 9.87. The Kier molecular flexibility index (Phi) is 8.67. The fourth-order valence-electron chi connectivity index (χ4n) is 5.04. The highest BCUT2D eigenvalue weighted by molar-refractivity contribution is 8.14. The Bertz CT molecular complexity index is 1130. The highest BCUT2D eigenvalue weighted by atomic mass is 32.2. The van der Waals surface area contributed by atoms with Gasteiger partial charge >= 0.3 is 0 Å². The molecule has 1 unspecified atom stereocenters. The van der Waals surface area contributed by atoms with Gasteiger partial charge in [-0.3, -0.25) is 10.3 Å². The summed E-state index contributed by atoms with van der Waals surface area (Å²) in [7, 11) is 0. The fraction of sp³-hybridized carbons (Fsp3) is 0.242. The van der Waals surface area contributed by atoms with Crippen LogP contribution in [0.5, 0.6) is 0 Å². The molecule has 1 N–H and O–H groups in total. The minimum atomic E-state index is 0.150. The number of unbranched alkanes of at least 4 members (excludes halogenated alkanes) is 1. The summed E-state index contributed by atoms with van der Waals surface area (Å²) in [6.07, 6.45) is 4.76. The Morgan fingerprint density at radius 3 is 1.61 bits per heavy atom. The Hall–Kier alpha value is -3.14. The van der Waals surface area contributed by atoms with Gasteiger partial charge in [0, 0.05) is 11.7 Å². The second-order valence-electron chi connectivity index (χ2n) is 9.39. The Balaban J connectivity index is 1.18. The average Bonchev–Trinajstić information content (AvgIpc) is 3.41. The Morgan fingerprint density at radius 2 is 1.11 bits per heavy atom. The van der Waals surface area contributed by atoms with Crippen LogP contribution in [-0.4, -0.2) is 17.0 Å². The van der Waals surface area contributed by atoms with Gasteiger partial charge in [-0.2, -0.15) is 0 Å². The van der Waals surface area contributed by atoms with E-state index in [2.05, 4.69) is 127 Å². The SMILES string of the molecule is c1ccc(C(CCCCC2=NC(NC(c3ccccc3)c3ccccc3)CS2)c2ccccc2)cc1. The summed E-state index contributed by atoms with van der Waals surface area (Å²) in [6.45, 7) is 0. The number of rotatable bonds is 11. The van der Waals surface area contributed by atoms with E-state index >= 15 is 0 Å². The largest absolute Gasteiger partial charge is 0.284 e. The number of aliphatic imine (C=N–C) groups is 1. The molecule has 0 aromatic heterocycles. The molecule has 182 valence electrons. The minimum absolute atomic E-state index is 0.150. The highest BCUT2D eigenvalue weighted by Crippen LogP contribution is 2.31. The molecule has 36 heavy (non-hydrogen) atoms. The van der Waals surface area contributed by atoms with Crippen molar-refractivity contribution in [2.75, 3.05) is 5.75 Å². The van der Waals surface area contributed by atoms with Crippen molar-refractivity contribution < 1.29 is 0 Å². The molecule has 0 fully saturated rings. The van der Waals surface area contributed by atoms with E-state index in [1.807, 2.05) is 11.8 Å². The van der Waals surface area contributed by atoms with Gasteiger partial charge in [-0.05, 0) is 41.5 Å². The molecule has 1 aliphatic heterocycles. The van der Waals surface area contributed by atoms with Gasteiger partial charge in [-0.25, -0.2) is 0 Å². The van der Waals surface area contributed by atoms with Gasteiger partial charge in [-0.15, -0.1) is 11.8 Å². The van der Waals surface area contributed by atoms with Gasteiger partial charge in [0.15, 0.2) is 0 Å². The molecule has 1 atom stereocenters. The van der Waals surface area contributed by atoms with Crippen molar-refractivity contribution in [2.24, 2.45) is 4.99 Å². The van der Waals surface area contributed by atoms with Gasteiger partial charge in [0.05, 0.1) is 11.1 Å². The number of benzene rings is 4. The van der Waals surface area contributed by atoms with E-state index in [0.29, 0.717) is 5.92 Å². The van der Waals surface area contributed by atoms with Crippen molar-refractivity contribution in [1.82, 2.24) is 5.32 Å². The highest BCUT2D eigenvalue weighted by Gasteiger charge is 2.23. The molecular weight excluding hydrogens is 456 g/mol. The number of nitrogens with zero attached hydrogens (tertiary/aromatic N) is 1. The molecule has 1 heterocycles. The number of thioether (sulfide) groups is 1. The Labute approximate surface area is 219 Å². The molecule has 0 bridgehead atoms. The van der Waals surface area contributed by atoms with Crippen molar-refractivity contribution in [1.29, 1.82) is 0 Å². The summed E-state index contributed by atoms with van der Waals surface area (Å²) in [5.41, 5.74) is 5.39. The monoisotopic (exact) mass is 490 g/mol. The molecule has 4 aromatic carbocycles. The third-order valence-electron chi connectivity index (χ3n) is 6.87. The van der Waals surface area contributed by atoms with Gasteiger partial charge < -0.3 is 0 Å². The summed E-state index contributed by atoms with van der Waals surface area (Å²) in [4.78, 5) is 5.08. The quantitative estimate of drug-likeness (QED) is 0.214. The number of hydrogen-bond donors (Lipinski definition) is 1. The van der Waals surface area contributed by atoms with E-state index < -0.39 is 0 Å². The summed E-state index contributed by atoms with van der Waals surface area (Å²) in [6, 6.07) is 43.4. The maximum Gasteiger partial charge on any atom is 0.111 e. The first kappa shape index (κ1) is 24.5. The third kappa shape index (κ3) is 6.54. The van der Waals surface area contributed by atoms with Crippen molar-refractivity contribution in [2.45, 2.75) is 43.8 Å². The zero-order valence-corrected chi connectivity index (χ0v) is 21.5. The topological polar surface area (TPSA) is 24.4 Å². The van der Waals surface area contributed by atoms with E-state index in [1.165, 1.54) is 40.1 Å². The second-order valence-corrected chi connectivity index (χ2v) is 10.5. The van der Waals surface area contributed by atoms with Crippen LogP contribution in [0.4, 0.5) is 0 Å². The van der Waals surface area contributed by atoms with Crippen LogP contribution >= 0.6 is 11.8 Å². The predicted molar refractivity (Wildman–Crippen MR) is 155 cm³/mol. The van der Waals surface area contributed by atoms with E-state index in [0.717, 1.165) is 18.6 Å². The van der Waals surface area contributed by atoms with Crippen molar-refractivity contribution in [3.8, 4) is 0 Å². The molecule has 0 aliphatic carbocycles. The summed E-state index contributed by atoms with van der Waals surface area (Å²) in [5, 5.41) is 5.12. The smallest absolute Gasteiger partial charge is 0.111 e. The van der Waals surface area contributed by atoms with Crippen LogP contribution in [0, 0.1) is 0 Å². The van der Waals surface area contributed by atoms with Crippen molar-refractivity contribution in [3.63, 3.8) is 0 Å². The second kappa shape index (κ2) is 12.7. The van der Waals surface area contributed by atoms with Crippen molar-refractivity contribution >= 4 is 16.8 Å². The van der Waals surface area contributed by atoms with Crippen LogP contribution in [0.15, 0.2) is 126 Å². The van der Waals surface area contributed by atoms with Gasteiger partial charge in [0.1, 0.15) is 6.17 Å². The molecule has 2 nitrogen and oxygen atoms in total. The van der Waals surface area contributed by atoms with Crippen LogP contribution < -0.4 is 5.32 Å². The van der Waals surface area contributed by atoms with Gasteiger partial charge in [-0.1, -0.05) is 128 Å². The van der Waals surface area contributed by atoms with Crippen LogP contribution in [-0.2, 0) is 0 Å². The van der Waals surface area contributed by atoms with Gasteiger partial charge in [0.2, 0.25) is 0 Å². The number of hydrogen-bond acceptors (Lipinski definition) is 3. The average molecular weight is 491 g/mol. The van der Waals surface area contributed by atoms with E-state index in [9.17, 15) is 0 Å². The zero-order valence-electron chi connectivity index (χ0n) is 20.7. The maximum absolute atomic E-state index is 5.08. The zero-order chi connectivity index (χ0) is 24.4. The molecule has 0 spiro atoms. The molecule has 4 aromatic rings. The lowest BCUT2D eigenvalue weighted by Gasteiger charge is -2.22. The summed E-state index contributed by atoms with van der Waals surface area (Å²) in [5.74, 6) is 1.46. The lowest BCUT2D eigenvalue weighted by Crippen LogP contribution is -2.32. The van der Waals surface area contributed by atoms with Gasteiger partial charge in [0.25, 0.3) is 0 Å². The third-order valence-corrected chi connectivity index (χ3v) is 7.99.